The lowest BCUT2D eigenvalue weighted by atomic mass is 9.90. The molecule has 1 aromatic rings. The zero-order valence-electron chi connectivity index (χ0n) is 14.3. The fraction of sp³-hybridized carbons (Fsp3) is 0.526. The third-order valence-corrected chi connectivity index (χ3v) is 6.13. The Morgan fingerprint density at radius 3 is 2.56 bits per heavy atom. The second-order valence-electron chi connectivity index (χ2n) is 7.25. The molecule has 6 heteroatoms. The fourth-order valence-corrected chi connectivity index (χ4v) is 4.40. The van der Waals surface area contributed by atoms with Crippen molar-refractivity contribution in [2.75, 3.05) is 13.1 Å². The normalized spacial score (nSPS) is 22.8. The third kappa shape index (κ3) is 3.78. The maximum atomic E-state index is 5.97. The van der Waals surface area contributed by atoms with Crippen LogP contribution in [0, 0.1) is 0 Å². The molecular weight excluding hydrogens is 354 g/mol. The third-order valence-electron chi connectivity index (χ3n) is 5.51. The smallest absolute Gasteiger partial charge is 0.169 e. The van der Waals surface area contributed by atoms with E-state index in [1.54, 1.807) is 0 Å². The van der Waals surface area contributed by atoms with Crippen LogP contribution in [0.4, 0.5) is 0 Å². The summed E-state index contributed by atoms with van der Waals surface area (Å²) in [5, 5.41) is 5.20. The summed E-state index contributed by atoms with van der Waals surface area (Å²) in [5.41, 5.74) is 5.00. The van der Waals surface area contributed by atoms with Crippen LogP contribution >= 0.6 is 23.8 Å². The lowest BCUT2D eigenvalue weighted by Crippen LogP contribution is -2.51. The first-order valence-electron chi connectivity index (χ1n) is 9.12. The van der Waals surface area contributed by atoms with Crippen molar-refractivity contribution in [1.82, 2.24) is 15.7 Å². The number of rotatable bonds is 2. The Morgan fingerprint density at radius 1 is 1.20 bits per heavy atom. The molecule has 2 fully saturated rings. The van der Waals surface area contributed by atoms with E-state index in [9.17, 15) is 0 Å². The van der Waals surface area contributed by atoms with Crippen LogP contribution in [-0.2, 0) is 4.84 Å². The van der Waals surface area contributed by atoms with Crippen LogP contribution in [0.5, 0.6) is 0 Å². The Bertz CT molecular complexity index is 662. The first-order chi connectivity index (χ1) is 12.1. The van der Waals surface area contributed by atoms with Crippen LogP contribution in [0.3, 0.4) is 0 Å². The van der Waals surface area contributed by atoms with Crippen LogP contribution in [0.2, 0.25) is 5.02 Å². The standard InChI is InChI=1S/C19H24ClN3OS/c20-15-7-5-14(6-8-15)17-13-19(24-22-17)9-11-23(12-10-19)18(25)21-16-3-1-2-4-16/h5-8,13,16,22H,1-4,9-12H2,(H,21,25). The Labute approximate surface area is 159 Å². The molecule has 2 N–H and O–H groups in total. The second kappa shape index (κ2) is 7.14. The van der Waals surface area contributed by atoms with Crippen molar-refractivity contribution in [3.05, 3.63) is 40.9 Å². The van der Waals surface area contributed by atoms with E-state index < -0.39 is 0 Å². The minimum absolute atomic E-state index is 0.228. The highest BCUT2D eigenvalue weighted by Crippen LogP contribution is 2.35. The van der Waals surface area contributed by atoms with Gasteiger partial charge in [0.05, 0.1) is 5.70 Å². The Morgan fingerprint density at radius 2 is 1.88 bits per heavy atom. The molecule has 4 rings (SSSR count). The lowest BCUT2D eigenvalue weighted by molar-refractivity contribution is -0.0618. The monoisotopic (exact) mass is 377 g/mol. The number of halogens is 1. The molecular formula is C19H24ClN3OS. The van der Waals surface area contributed by atoms with Crippen molar-refractivity contribution in [2.45, 2.75) is 50.2 Å². The van der Waals surface area contributed by atoms with Gasteiger partial charge >= 0.3 is 0 Å². The van der Waals surface area contributed by atoms with Gasteiger partial charge < -0.3 is 10.2 Å². The SMILES string of the molecule is S=C(NC1CCCC1)N1CCC2(C=C(c3ccc(Cl)cc3)NO2)CC1. The van der Waals surface area contributed by atoms with Crippen LogP contribution in [0.15, 0.2) is 30.3 Å². The summed E-state index contributed by atoms with van der Waals surface area (Å²) < 4.78 is 0. The summed E-state index contributed by atoms with van der Waals surface area (Å²) in [5.74, 6) is 0. The van der Waals surface area contributed by atoms with E-state index in [1.807, 2.05) is 24.3 Å². The second-order valence-corrected chi connectivity index (χ2v) is 8.07. The van der Waals surface area contributed by atoms with Gasteiger partial charge in [-0.25, -0.2) is 0 Å². The molecule has 0 atom stereocenters. The highest BCUT2D eigenvalue weighted by molar-refractivity contribution is 7.80. The molecule has 3 aliphatic rings. The van der Waals surface area contributed by atoms with Gasteiger partial charge in [-0.15, -0.1) is 0 Å². The average molecular weight is 378 g/mol. The van der Waals surface area contributed by atoms with Gasteiger partial charge in [0.25, 0.3) is 0 Å². The molecule has 1 spiro atoms. The summed E-state index contributed by atoms with van der Waals surface area (Å²) >= 11 is 11.6. The van der Waals surface area contributed by atoms with Gasteiger partial charge in [-0.1, -0.05) is 36.6 Å². The van der Waals surface area contributed by atoms with E-state index in [2.05, 4.69) is 21.8 Å². The quantitative estimate of drug-likeness (QED) is 0.765. The Hall–Kier alpha value is -1.30. The maximum absolute atomic E-state index is 5.97. The highest BCUT2D eigenvalue weighted by atomic mass is 35.5. The van der Waals surface area contributed by atoms with E-state index in [1.165, 1.54) is 25.7 Å². The highest BCUT2D eigenvalue weighted by Gasteiger charge is 2.39. The molecule has 134 valence electrons. The number of nitrogens with zero attached hydrogens (tertiary/aromatic N) is 1. The van der Waals surface area contributed by atoms with E-state index in [0.29, 0.717) is 6.04 Å². The molecule has 0 aromatic heterocycles. The van der Waals surface area contributed by atoms with Gasteiger partial charge in [0.2, 0.25) is 0 Å². The number of hydrogen-bond donors (Lipinski definition) is 2. The molecule has 1 saturated heterocycles. The summed E-state index contributed by atoms with van der Waals surface area (Å²) in [6, 6.07) is 8.41. The number of thiocarbonyl (C=S) groups is 1. The molecule has 2 heterocycles. The number of hydroxylamine groups is 1. The molecule has 0 bridgehead atoms. The van der Waals surface area contributed by atoms with Crippen molar-refractivity contribution in [2.24, 2.45) is 0 Å². The minimum atomic E-state index is -0.228. The first-order valence-corrected chi connectivity index (χ1v) is 9.90. The van der Waals surface area contributed by atoms with Gasteiger partial charge in [-0.05, 0) is 48.8 Å². The van der Waals surface area contributed by atoms with Gasteiger partial charge in [0.1, 0.15) is 5.60 Å². The molecule has 1 aliphatic carbocycles. The number of nitrogens with one attached hydrogen (secondary N) is 2. The van der Waals surface area contributed by atoms with Crippen molar-refractivity contribution >= 4 is 34.6 Å². The predicted molar refractivity (Wildman–Crippen MR) is 105 cm³/mol. The number of hydrogen-bond acceptors (Lipinski definition) is 3. The van der Waals surface area contributed by atoms with Crippen LogP contribution in [0.25, 0.3) is 5.70 Å². The largest absolute Gasteiger partial charge is 0.360 e. The van der Waals surface area contributed by atoms with Crippen molar-refractivity contribution in [3.63, 3.8) is 0 Å². The molecule has 4 nitrogen and oxygen atoms in total. The van der Waals surface area contributed by atoms with Gasteiger partial charge in [-0.3, -0.25) is 10.3 Å². The summed E-state index contributed by atoms with van der Waals surface area (Å²) in [7, 11) is 0. The van der Waals surface area contributed by atoms with Crippen LogP contribution in [0.1, 0.15) is 44.1 Å². The van der Waals surface area contributed by atoms with Gasteiger partial charge in [-0.2, -0.15) is 0 Å². The van der Waals surface area contributed by atoms with Crippen molar-refractivity contribution in [3.8, 4) is 0 Å². The van der Waals surface area contributed by atoms with E-state index >= 15 is 0 Å². The van der Waals surface area contributed by atoms with E-state index in [4.69, 9.17) is 28.7 Å². The van der Waals surface area contributed by atoms with Crippen LogP contribution in [-0.4, -0.2) is 34.7 Å². The maximum Gasteiger partial charge on any atom is 0.169 e. The molecule has 2 aliphatic heterocycles. The molecule has 0 radical (unpaired) electrons. The number of likely N-dealkylation sites (tertiary alicyclic amines) is 1. The van der Waals surface area contributed by atoms with E-state index in [-0.39, 0.29) is 5.60 Å². The lowest BCUT2D eigenvalue weighted by Gasteiger charge is -2.38. The van der Waals surface area contributed by atoms with Gasteiger partial charge in [0.15, 0.2) is 5.11 Å². The number of benzene rings is 1. The van der Waals surface area contributed by atoms with E-state index in [0.717, 1.165) is 47.3 Å². The molecule has 1 saturated carbocycles. The topological polar surface area (TPSA) is 36.5 Å². The number of piperidine rings is 1. The van der Waals surface area contributed by atoms with Crippen molar-refractivity contribution in [1.29, 1.82) is 0 Å². The summed E-state index contributed by atoms with van der Waals surface area (Å²) in [4.78, 5) is 8.26. The summed E-state index contributed by atoms with van der Waals surface area (Å²) in [6.45, 7) is 1.84. The Balaban J connectivity index is 1.36. The zero-order valence-corrected chi connectivity index (χ0v) is 15.8. The fourth-order valence-electron chi connectivity index (χ4n) is 3.92. The minimum Gasteiger partial charge on any atom is -0.360 e. The molecule has 25 heavy (non-hydrogen) atoms. The zero-order chi connectivity index (χ0) is 17.3. The first kappa shape index (κ1) is 17.1. The van der Waals surface area contributed by atoms with Crippen LogP contribution < -0.4 is 10.8 Å². The average Bonchev–Trinajstić information content (AvgIpc) is 3.27. The Kier molecular flexibility index (Phi) is 4.89. The van der Waals surface area contributed by atoms with Crippen molar-refractivity contribution < 1.29 is 4.84 Å². The molecule has 1 aromatic carbocycles. The molecule has 0 amide bonds. The predicted octanol–water partition coefficient (Wildman–Crippen LogP) is 3.87. The molecule has 0 unspecified atom stereocenters. The summed E-state index contributed by atoms with van der Waals surface area (Å²) in [6.07, 6.45) is 9.23. The van der Waals surface area contributed by atoms with Gasteiger partial charge in [0, 0.05) is 37.0 Å².